The highest BCUT2D eigenvalue weighted by atomic mass is 127. The molecule has 138 valence electrons. The molecule has 0 aromatic heterocycles. The number of para-hydroxylation sites is 1. The minimum Gasteiger partial charge on any atom is -0.494 e. The van der Waals surface area contributed by atoms with E-state index in [1.165, 1.54) is 6.42 Å². The first kappa shape index (κ1) is 23.0. The van der Waals surface area contributed by atoms with Crippen molar-refractivity contribution >= 4 is 29.9 Å². The van der Waals surface area contributed by atoms with E-state index < -0.39 is 0 Å². The number of benzene rings is 1. The highest BCUT2D eigenvalue weighted by molar-refractivity contribution is 14.0. The number of likely N-dealkylation sites (N-methyl/N-ethyl adjacent to an activating group) is 1. The summed E-state index contributed by atoms with van der Waals surface area (Å²) >= 11 is 0. The van der Waals surface area contributed by atoms with E-state index in [0.29, 0.717) is 13.2 Å². The number of aliphatic imine (C=N–C) groups is 1. The van der Waals surface area contributed by atoms with Crippen LogP contribution in [0.4, 0.5) is 0 Å². The van der Waals surface area contributed by atoms with Crippen LogP contribution in [0.15, 0.2) is 29.3 Å². The van der Waals surface area contributed by atoms with Crippen molar-refractivity contribution in [2.24, 2.45) is 4.99 Å². The zero-order valence-corrected chi connectivity index (χ0v) is 17.8. The average Bonchev–Trinajstić information content (AvgIpc) is 2.58. The lowest BCUT2D eigenvalue weighted by atomic mass is 10.2. The van der Waals surface area contributed by atoms with Crippen LogP contribution in [-0.4, -0.2) is 50.7 Å². The Morgan fingerprint density at radius 2 is 1.88 bits per heavy atom. The Kier molecular flexibility index (Phi) is 13.7. The normalized spacial score (nSPS) is 11.1. The van der Waals surface area contributed by atoms with Crippen molar-refractivity contribution in [3.63, 3.8) is 0 Å². The molecule has 0 bridgehead atoms. The van der Waals surface area contributed by atoms with Crippen molar-refractivity contribution in [3.05, 3.63) is 29.8 Å². The quantitative estimate of drug-likeness (QED) is 0.328. The Hall–Kier alpha value is -1.02. The van der Waals surface area contributed by atoms with Crippen LogP contribution in [0.3, 0.4) is 0 Å². The fourth-order valence-corrected chi connectivity index (χ4v) is 2.42. The zero-order chi connectivity index (χ0) is 16.9. The predicted molar refractivity (Wildman–Crippen MR) is 114 cm³/mol. The van der Waals surface area contributed by atoms with Crippen LogP contribution in [0, 0.1) is 0 Å². The SMILES string of the molecule is CCCN(CC)CCNC(=NC)NCc1ccccc1OCC.I. The van der Waals surface area contributed by atoms with Crippen molar-refractivity contribution in [1.82, 2.24) is 15.5 Å². The van der Waals surface area contributed by atoms with E-state index in [0.717, 1.165) is 43.5 Å². The van der Waals surface area contributed by atoms with Gasteiger partial charge in [-0.3, -0.25) is 4.99 Å². The number of hydrogen-bond donors (Lipinski definition) is 2. The van der Waals surface area contributed by atoms with Gasteiger partial charge in [0.05, 0.1) is 6.61 Å². The summed E-state index contributed by atoms with van der Waals surface area (Å²) in [5, 5.41) is 6.72. The summed E-state index contributed by atoms with van der Waals surface area (Å²) in [4.78, 5) is 6.72. The van der Waals surface area contributed by atoms with E-state index in [1.807, 2.05) is 25.1 Å². The lowest BCUT2D eigenvalue weighted by Crippen LogP contribution is -2.41. The van der Waals surface area contributed by atoms with Crippen molar-refractivity contribution in [2.45, 2.75) is 33.7 Å². The minimum atomic E-state index is 0. The molecule has 1 aromatic carbocycles. The van der Waals surface area contributed by atoms with E-state index in [9.17, 15) is 0 Å². The molecule has 0 aliphatic carbocycles. The van der Waals surface area contributed by atoms with Gasteiger partial charge in [0.25, 0.3) is 0 Å². The van der Waals surface area contributed by atoms with Gasteiger partial charge in [-0.15, -0.1) is 24.0 Å². The maximum atomic E-state index is 5.65. The van der Waals surface area contributed by atoms with Crippen molar-refractivity contribution in [1.29, 1.82) is 0 Å². The third-order valence-electron chi connectivity index (χ3n) is 3.65. The van der Waals surface area contributed by atoms with Gasteiger partial charge in [-0.2, -0.15) is 0 Å². The Morgan fingerprint density at radius 1 is 1.12 bits per heavy atom. The first-order chi connectivity index (χ1) is 11.2. The van der Waals surface area contributed by atoms with Gasteiger partial charge in [0.1, 0.15) is 5.75 Å². The number of guanidine groups is 1. The molecule has 0 spiro atoms. The zero-order valence-electron chi connectivity index (χ0n) is 15.5. The summed E-state index contributed by atoms with van der Waals surface area (Å²) in [7, 11) is 1.80. The Bertz CT molecular complexity index is 468. The average molecular weight is 448 g/mol. The highest BCUT2D eigenvalue weighted by Gasteiger charge is 2.05. The smallest absolute Gasteiger partial charge is 0.191 e. The van der Waals surface area contributed by atoms with E-state index in [-0.39, 0.29) is 24.0 Å². The second-order valence-corrected chi connectivity index (χ2v) is 5.33. The van der Waals surface area contributed by atoms with Crippen LogP contribution < -0.4 is 15.4 Å². The van der Waals surface area contributed by atoms with Gasteiger partial charge < -0.3 is 20.3 Å². The third kappa shape index (κ3) is 8.73. The van der Waals surface area contributed by atoms with Crippen molar-refractivity contribution in [3.8, 4) is 5.75 Å². The van der Waals surface area contributed by atoms with E-state index in [1.54, 1.807) is 7.05 Å². The van der Waals surface area contributed by atoms with Crippen LogP contribution in [-0.2, 0) is 6.54 Å². The van der Waals surface area contributed by atoms with Crippen molar-refractivity contribution < 1.29 is 4.74 Å². The van der Waals surface area contributed by atoms with Crippen molar-refractivity contribution in [2.75, 3.05) is 39.8 Å². The molecule has 0 radical (unpaired) electrons. The number of rotatable bonds is 10. The first-order valence-electron chi connectivity index (χ1n) is 8.62. The number of ether oxygens (including phenoxy) is 1. The molecular formula is C18H33IN4O. The summed E-state index contributed by atoms with van der Waals surface area (Å²) in [6, 6.07) is 8.10. The molecule has 0 unspecified atom stereocenters. The van der Waals surface area contributed by atoms with Crippen LogP contribution >= 0.6 is 24.0 Å². The fraction of sp³-hybridized carbons (Fsp3) is 0.611. The summed E-state index contributed by atoms with van der Waals surface area (Å²) in [6.45, 7) is 11.9. The minimum absolute atomic E-state index is 0. The van der Waals surface area contributed by atoms with E-state index >= 15 is 0 Å². The largest absolute Gasteiger partial charge is 0.494 e. The topological polar surface area (TPSA) is 48.9 Å². The lowest BCUT2D eigenvalue weighted by Gasteiger charge is -2.20. The molecule has 0 saturated heterocycles. The van der Waals surface area contributed by atoms with E-state index in [4.69, 9.17) is 4.74 Å². The van der Waals surface area contributed by atoms with Gasteiger partial charge in [-0.25, -0.2) is 0 Å². The van der Waals surface area contributed by atoms with E-state index in [2.05, 4.69) is 40.4 Å². The molecule has 2 N–H and O–H groups in total. The maximum absolute atomic E-state index is 5.65. The fourth-order valence-electron chi connectivity index (χ4n) is 2.42. The van der Waals surface area contributed by atoms with Crippen LogP contribution in [0.2, 0.25) is 0 Å². The Labute approximate surface area is 164 Å². The molecule has 0 aliphatic heterocycles. The molecular weight excluding hydrogens is 415 g/mol. The van der Waals surface area contributed by atoms with Gasteiger partial charge in [0.2, 0.25) is 0 Å². The Morgan fingerprint density at radius 3 is 2.50 bits per heavy atom. The summed E-state index contributed by atoms with van der Waals surface area (Å²) in [5.74, 6) is 1.75. The highest BCUT2D eigenvalue weighted by Crippen LogP contribution is 2.17. The molecule has 5 nitrogen and oxygen atoms in total. The van der Waals surface area contributed by atoms with Gasteiger partial charge >= 0.3 is 0 Å². The number of nitrogens with one attached hydrogen (secondary N) is 2. The molecule has 1 aromatic rings. The lowest BCUT2D eigenvalue weighted by molar-refractivity contribution is 0.293. The summed E-state index contributed by atoms with van der Waals surface area (Å²) in [6.07, 6.45) is 1.19. The molecule has 0 fully saturated rings. The molecule has 24 heavy (non-hydrogen) atoms. The molecule has 0 aliphatic rings. The first-order valence-corrected chi connectivity index (χ1v) is 8.62. The van der Waals surface area contributed by atoms with Gasteiger partial charge in [-0.1, -0.05) is 32.0 Å². The molecule has 0 saturated carbocycles. The number of hydrogen-bond acceptors (Lipinski definition) is 3. The Balaban J connectivity index is 0.00000529. The van der Waals surface area contributed by atoms with Gasteiger partial charge in [0.15, 0.2) is 5.96 Å². The maximum Gasteiger partial charge on any atom is 0.191 e. The van der Waals surface area contributed by atoms with Gasteiger partial charge in [-0.05, 0) is 32.5 Å². The molecule has 1 rings (SSSR count). The van der Waals surface area contributed by atoms with Crippen LogP contribution in [0.25, 0.3) is 0 Å². The third-order valence-corrected chi connectivity index (χ3v) is 3.65. The molecule has 0 amide bonds. The number of halogens is 1. The predicted octanol–water partition coefficient (Wildman–Crippen LogP) is 3.10. The summed E-state index contributed by atoms with van der Waals surface area (Å²) in [5.41, 5.74) is 1.14. The molecule has 0 heterocycles. The second-order valence-electron chi connectivity index (χ2n) is 5.33. The standard InChI is InChI=1S/C18H32N4O.HI/c1-5-13-22(6-2)14-12-20-18(19-4)21-15-16-10-8-9-11-17(16)23-7-3;/h8-11H,5-7,12-15H2,1-4H3,(H2,19,20,21);1H. The number of nitrogens with zero attached hydrogens (tertiary/aromatic N) is 2. The van der Waals surface area contributed by atoms with Gasteiger partial charge in [0, 0.05) is 32.2 Å². The molecule has 6 heteroatoms. The second kappa shape index (κ2) is 14.3. The summed E-state index contributed by atoms with van der Waals surface area (Å²) < 4.78 is 5.65. The van der Waals surface area contributed by atoms with Crippen LogP contribution in [0.5, 0.6) is 5.75 Å². The van der Waals surface area contributed by atoms with Crippen LogP contribution in [0.1, 0.15) is 32.8 Å². The molecule has 0 atom stereocenters. The monoisotopic (exact) mass is 448 g/mol.